The fraction of sp³-hybridized carbons (Fsp3) is 0.107. The molecule has 4 aromatic carbocycles. The van der Waals surface area contributed by atoms with Crippen molar-refractivity contribution >= 4 is 63.7 Å². The highest BCUT2D eigenvalue weighted by Crippen LogP contribution is 2.34. The van der Waals surface area contributed by atoms with Crippen molar-refractivity contribution in [3.63, 3.8) is 0 Å². The van der Waals surface area contributed by atoms with Crippen LogP contribution >= 0.6 is 11.6 Å². The van der Waals surface area contributed by atoms with Crippen LogP contribution in [0.5, 0.6) is 5.75 Å². The molecule has 0 aliphatic heterocycles. The van der Waals surface area contributed by atoms with Gasteiger partial charge in [-0.05, 0) is 54.9 Å². The molecule has 0 saturated carbocycles. The Balaban J connectivity index is 0.000000431. The largest absolute Gasteiger partial charge is 0.505 e. The molecule has 9 N–H and O–H groups in total. The number of hydrogen-bond acceptors (Lipinski definition) is 7. The molecule has 4 aromatic rings. The number of nitrogens with one attached hydrogen (secondary N) is 2. The van der Waals surface area contributed by atoms with Crippen LogP contribution in [0.1, 0.15) is 34.6 Å². The summed E-state index contributed by atoms with van der Waals surface area (Å²) in [6.07, 6.45) is 1.30. The average molecular weight is 538 g/mol. The maximum absolute atomic E-state index is 12.4. The highest BCUT2D eigenvalue weighted by molar-refractivity contribution is 6.33. The van der Waals surface area contributed by atoms with Crippen molar-refractivity contribution in [2.24, 2.45) is 5.73 Å². The number of carbonyl (C=O) groups excluding carboxylic acids is 3. The van der Waals surface area contributed by atoms with E-state index in [-0.39, 0.29) is 17.0 Å². The lowest BCUT2D eigenvalue weighted by Gasteiger charge is -2.11. The molecule has 10 heteroatoms. The summed E-state index contributed by atoms with van der Waals surface area (Å²) in [6.45, 7) is 4.00. The van der Waals surface area contributed by atoms with Gasteiger partial charge < -0.3 is 32.9 Å². The third-order valence-corrected chi connectivity index (χ3v) is 5.17. The van der Waals surface area contributed by atoms with Gasteiger partial charge in [0.25, 0.3) is 5.91 Å². The number of hydrogen-bond donors (Lipinski definition) is 6. The van der Waals surface area contributed by atoms with E-state index in [1.807, 2.05) is 32.0 Å². The summed E-state index contributed by atoms with van der Waals surface area (Å²) in [5, 5.41) is 17.4. The van der Waals surface area contributed by atoms with E-state index in [0.29, 0.717) is 39.4 Å². The van der Waals surface area contributed by atoms with E-state index in [2.05, 4.69) is 16.4 Å². The molecule has 9 nitrogen and oxygen atoms in total. The lowest BCUT2D eigenvalue weighted by Crippen LogP contribution is -2.13. The van der Waals surface area contributed by atoms with Gasteiger partial charge in [0.15, 0.2) is 5.75 Å². The molecule has 0 spiro atoms. The van der Waals surface area contributed by atoms with Crippen molar-refractivity contribution in [3.8, 4) is 5.75 Å². The van der Waals surface area contributed by atoms with Gasteiger partial charge >= 0.3 is 0 Å². The summed E-state index contributed by atoms with van der Waals surface area (Å²) in [5.74, 6) is -0.716. The standard InChI is InChI=1S/C18H15N3O3.C7H6ClNO.C2H6.CH5N/c19-16-14-4-2-1-3-11(14)9-15(17(16)23)18(24)21-13-7-5-12(6-8-13)20-10-22;8-6-2-1-5(4-10)3-7(6)9;2*1-2/h1-10,23H,19H2,(H,20,22)(H,21,24);1-4H,9H2;1-2H3;2H2,1H3. The average Bonchev–Trinajstić information content (AvgIpc) is 2.96. The zero-order valence-electron chi connectivity index (χ0n) is 21.4. The number of aromatic hydroxyl groups is 1. The van der Waals surface area contributed by atoms with Crippen LogP contribution in [-0.4, -0.2) is 30.8 Å². The van der Waals surface area contributed by atoms with Gasteiger partial charge in [-0.15, -0.1) is 0 Å². The molecule has 0 aliphatic carbocycles. The first-order chi connectivity index (χ1) is 18.3. The molecule has 200 valence electrons. The Labute approximate surface area is 226 Å². The molecular formula is C28H32ClN5O4. The van der Waals surface area contributed by atoms with Crippen LogP contribution in [0.3, 0.4) is 0 Å². The second kappa shape index (κ2) is 16.2. The Kier molecular flexibility index (Phi) is 13.4. The van der Waals surface area contributed by atoms with E-state index in [1.165, 1.54) is 13.1 Å². The molecule has 0 radical (unpaired) electrons. The lowest BCUT2D eigenvalue weighted by atomic mass is 10.0. The maximum Gasteiger partial charge on any atom is 0.259 e. The minimum absolute atomic E-state index is 0.0984. The van der Waals surface area contributed by atoms with Crippen LogP contribution in [0, 0.1) is 0 Å². The summed E-state index contributed by atoms with van der Waals surface area (Å²) in [5.41, 5.74) is 18.2. The Morgan fingerprint density at radius 2 is 1.50 bits per heavy atom. The van der Waals surface area contributed by atoms with Crippen LogP contribution in [0.25, 0.3) is 10.8 Å². The number of nitrogen functional groups attached to an aromatic ring is 2. The van der Waals surface area contributed by atoms with Crippen molar-refractivity contribution < 1.29 is 19.5 Å². The van der Waals surface area contributed by atoms with E-state index in [1.54, 1.807) is 48.5 Å². The fourth-order valence-corrected chi connectivity index (χ4v) is 3.21. The first kappa shape index (κ1) is 31.4. The Morgan fingerprint density at radius 1 is 0.895 bits per heavy atom. The monoisotopic (exact) mass is 537 g/mol. The van der Waals surface area contributed by atoms with Crippen LogP contribution in [0.15, 0.2) is 72.8 Å². The van der Waals surface area contributed by atoms with Crippen molar-refractivity contribution in [2.75, 3.05) is 29.1 Å². The van der Waals surface area contributed by atoms with Gasteiger partial charge in [0.1, 0.15) is 6.29 Å². The molecule has 0 unspecified atom stereocenters. The summed E-state index contributed by atoms with van der Waals surface area (Å²) in [6, 6.07) is 20.2. The highest BCUT2D eigenvalue weighted by Gasteiger charge is 2.16. The van der Waals surface area contributed by atoms with Gasteiger partial charge in [-0.2, -0.15) is 0 Å². The zero-order valence-corrected chi connectivity index (χ0v) is 22.1. The molecular weight excluding hydrogens is 506 g/mol. The molecule has 0 fully saturated rings. The van der Waals surface area contributed by atoms with E-state index in [4.69, 9.17) is 23.1 Å². The SMILES string of the molecule is CC.CN.Nc1c(O)c(C(=O)Nc2ccc(NC=O)cc2)cc2ccccc12.Nc1cc(C=O)ccc1Cl. The van der Waals surface area contributed by atoms with E-state index in [9.17, 15) is 19.5 Å². The van der Waals surface area contributed by atoms with Crippen molar-refractivity contribution in [1.82, 2.24) is 0 Å². The van der Waals surface area contributed by atoms with Crippen LogP contribution < -0.4 is 27.8 Å². The Hall–Kier alpha value is -4.60. The predicted octanol–water partition coefficient (Wildman–Crippen LogP) is 5.28. The highest BCUT2D eigenvalue weighted by atomic mass is 35.5. The van der Waals surface area contributed by atoms with E-state index >= 15 is 0 Å². The van der Waals surface area contributed by atoms with Gasteiger partial charge in [-0.1, -0.05) is 55.8 Å². The summed E-state index contributed by atoms with van der Waals surface area (Å²) in [7, 11) is 1.50. The summed E-state index contributed by atoms with van der Waals surface area (Å²) < 4.78 is 0. The van der Waals surface area contributed by atoms with Crippen LogP contribution in [0.2, 0.25) is 5.02 Å². The number of amides is 2. The topological polar surface area (TPSA) is 174 Å². The molecule has 0 atom stereocenters. The van der Waals surface area contributed by atoms with Crippen LogP contribution in [0.4, 0.5) is 22.7 Å². The number of rotatable bonds is 5. The quantitative estimate of drug-likeness (QED) is 0.114. The minimum atomic E-state index is -0.471. The molecule has 0 bridgehead atoms. The number of anilines is 4. The van der Waals surface area contributed by atoms with Crippen molar-refractivity contribution in [2.45, 2.75) is 13.8 Å². The second-order valence-corrected chi connectivity index (χ2v) is 7.51. The number of benzene rings is 4. The zero-order chi connectivity index (χ0) is 28.7. The molecule has 0 aromatic heterocycles. The van der Waals surface area contributed by atoms with Crippen molar-refractivity contribution in [3.05, 3.63) is 88.9 Å². The molecule has 0 aliphatic rings. The molecule has 38 heavy (non-hydrogen) atoms. The third-order valence-electron chi connectivity index (χ3n) is 4.83. The first-order valence-corrected chi connectivity index (χ1v) is 11.9. The number of phenols is 1. The first-order valence-electron chi connectivity index (χ1n) is 11.5. The summed E-state index contributed by atoms with van der Waals surface area (Å²) >= 11 is 5.60. The number of aldehydes is 1. The summed E-state index contributed by atoms with van der Waals surface area (Å²) in [4.78, 5) is 33.0. The lowest BCUT2D eigenvalue weighted by molar-refractivity contribution is -0.105. The van der Waals surface area contributed by atoms with Gasteiger partial charge in [-0.3, -0.25) is 14.4 Å². The number of nitrogens with two attached hydrogens (primary N) is 3. The number of phenolic OH excluding ortho intramolecular Hbond substituents is 1. The number of halogens is 1. The van der Waals surface area contributed by atoms with Crippen LogP contribution in [-0.2, 0) is 4.79 Å². The van der Waals surface area contributed by atoms with Crippen molar-refractivity contribution in [1.29, 1.82) is 0 Å². The molecule has 4 rings (SSSR count). The van der Waals surface area contributed by atoms with Gasteiger partial charge in [0, 0.05) is 22.3 Å². The Morgan fingerprint density at radius 3 is 2.08 bits per heavy atom. The van der Waals surface area contributed by atoms with E-state index < -0.39 is 5.91 Å². The third kappa shape index (κ3) is 8.51. The Bertz CT molecular complexity index is 1360. The van der Waals surface area contributed by atoms with E-state index in [0.717, 1.165) is 11.7 Å². The van der Waals surface area contributed by atoms with Gasteiger partial charge in [0.2, 0.25) is 6.41 Å². The minimum Gasteiger partial charge on any atom is -0.505 e. The fourth-order valence-electron chi connectivity index (χ4n) is 3.09. The second-order valence-electron chi connectivity index (χ2n) is 7.10. The molecule has 0 heterocycles. The van der Waals surface area contributed by atoms with Gasteiger partial charge in [-0.25, -0.2) is 0 Å². The molecule has 0 saturated heterocycles. The molecule has 2 amide bonds. The predicted molar refractivity (Wildman–Crippen MR) is 157 cm³/mol. The number of carbonyl (C=O) groups is 3. The normalized spacial score (nSPS) is 9.29. The number of fused-ring (bicyclic) bond motifs is 1. The maximum atomic E-state index is 12.4. The van der Waals surface area contributed by atoms with Gasteiger partial charge in [0.05, 0.1) is 22.0 Å². The smallest absolute Gasteiger partial charge is 0.259 e.